The first-order chi connectivity index (χ1) is 17.3. The predicted molar refractivity (Wildman–Crippen MR) is 140 cm³/mol. The molecule has 190 valence electrons. The van der Waals surface area contributed by atoms with Crippen molar-refractivity contribution in [2.75, 3.05) is 13.1 Å². The maximum absolute atomic E-state index is 14.0. The first-order valence-corrected chi connectivity index (χ1v) is 12.8. The van der Waals surface area contributed by atoms with Gasteiger partial charge in [-0.1, -0.05) is 62.4 Å². The fourth-order valence-electron chi connectivity index (χ4n) is 4.91. The number of aromatic nitrogens is 2. The first-order valence-electron chi connectivity index (χ1n) is 12.8. The van der Waals surface area contributed by atoms with Crippen LogP contribution in [0.3, 0.4) is 0 Å². The summed E-state index contributed by atoms with van der Waals surface area (Å²) in [6.45, 7) is 8.90. The van der Waals surface area contributed by atoms with E-state index in [-0.39, 0.29) is 30.0 Å². The number of nitrogens with zero attached hydrogens (tertiary/aromatic N) is 3. The quantitative estimate of drug-likeness (QED) is 0.499. The van der Waals surface area contributed by atoms with E-state index in [9.17, 15) is 14.7 Å². The van der Waals surface area contributed by atoms with E-state index in [1.54, 1.807) is 4.90 Å². The molecule has 3 aromatic rings. The molecule has 1 fully saturated rings. The summed E-state index contributed by atoms with van der Waals surface area (Å²) in [6.07, 6.45) is 2.12. The zero-order valence-electron chi connectivity index (χ0n) is 21.5. The number of ether oxygens (including phenoxy) is 1. The van der Waals surface area contributed by atoms with E-state index >= 15 is 0 Å². The molecule has 1 N–H and O–H groups in total. The first kappa shape index (κ1) is 25.6. The molecule has 0 radical (unpaired) electrons. The fourth-order valence-corrected chi connectivity index (χ4v) is 4.91. The molecule has 1 saturated heterocycles. The number of amides is 1. The number of hydrogen-bond donors (Lipinski definition) is 1. The number of likely N-dealkylation sites (tertiary alicyclic amines) is 1. The van der Waals surface area contributed by atoms with Crippen LogP contribution in [0.5, 0.6) is 5.88 Å². The summed E-state index contributed by atoms with van der Waals surface area (Å²) in [4.78, 5) is 33.6. The predicted octanol–water partition coefficient (Wildman–Crippen LogP) is 4.62. The van der Waals surface area contributed by atoms with Gasteiger partial charge in [0.2, 0.25) is 5.88 Å². The Hall–Kier alpha value is -3.45. The molecule has 1 aliphatic heterocycles. The maximum Gasteiger partial charge on any atom is 0.275 e. The average Bonchev–Trinajstić information content (AvgIpc) is 3.38. The van der Waals surface area contributed by atoms with Gasteiger partial charge >= 0.3 is 0 Å². The van der Waals surface area contributed by atoms with Crippen molar-refractivity contribution in [3.8, 4) is 11.6 Å². The van der Waals surface area contributed by atoms with Gasteiger partial charge in [0.25, 0.3) is 11.5 Å². The minimum Gasteiger partial charge on any atom is -0.493 e. The molecular formula is C29H35N3O4. The molecule has 1 amide bonds. The Kier molecular flexibility index (Phi) is 7.89. The zero-order chi connectivity index (χ0) is 25.8. The summed E-state index contributed by atoms with van der Waals surface area (Å²) in [5.74, 6) is -0.556. The number of carbonyl (C=O) groups is 1. The van der Waals surface area contributed by atoms with Crippen LogP contribution in [0.15, 0.2) is 53.3 Å². The molecule has 0 spiro atoms. The van der Waals surface area contributed by atoms with Gasteiger partial charge in [-0.3, -0.25) is 14.2 Å². The summed E-state index contributed by atoms with van der Waals surface area (Å²) in [5, 5.41) is 10.8. The molecule has 2 aromatic carbocycles. The second-order valence-electron chi connectivity index (χ2n) is 9.51. The summed E-state index contributed by atoms with van der Waals surface area (Å²) >= 11 is 0. The third kappa shape index (κ3) is 5.07. The van der Waals surface area contributed by atoms with Crippen LogP contribution < -0.4 is 5.56 Å². The highest BCUT2D eigenvalue weighted by Gasteiger charge is 2.33. The minimum absolute atomic E-state index is 0.0376. The maximum atomic E-state index is 14.0. The topological polar surface area (TPSA) is 84.7 Å². The number of aromatic hydroxyl groups is 1. The van der Waals surface area contributed by atoms with Crippen LogP contribution in [0.1, 0.15) is 72.9 Å². The van der Waals surface area contributed by atoms with E-state index in [1.807, 2.05) is 64.1 Å². The van der Waals surface area contributed by atoms with Crippen LogP contribution >= 0.6 is 0 Å². The smallest absolute Gasteiger partial charge is 0.275 e. The van der Waals surface area contributed by atoms with Gasteiger partial charge in [0.05, 0.1) is 11.8 Å². The van der Waals surface area contributed by atoms with Gasteiger partial charge in [-0.2, -0.15) is 4.98 Å². The monoisotopic (exact) mass is 489 g/mol. The highest BCUT2D eigenvalue weighted by molar-refractivity contribution is 5.96. The van der Waals surface area contributed by atoms with Crippen LogP contribution in [0.4, 0.5) is 0 Å². The van der Waals surface area contributed by atoms with Gasteiger partial charge in [-0.15, -0.1) is 0 Å². The number of aryl methyl sites for hydroxylation is 2. The molecule has 36 heavy (non-hydrogen) atoms. The van der Waals surface area contributed by atoms with Gasteiger partial charge in [0.1, 0.15) is 12.4 Å². The van der Waals surface area contributed by atoms with Gasteiger partial charge in [-0.25, -0.2) is 0 Å². The third-order valence-electron chi connectivity index (χ3n) is 6.83. The Morgan fingerprint density at radius 2 is 1.75 bits per heavy atom. The van der Waals surface area contributed by atoms with Crippen molar-refractivity contribution in [1.82, 2.24) is 14.5 Å². The molecule has 4 rings (SSSR count). The summed E-state index contributed by atoms with van der Waals surface area (Å²) in [7, 11) is 0. The van der Waals surface area contributed by atoms with Crippen LogP contribution in [0, 0.1) is 0 Å². The second kappa shape index (κ2) is 11.1. The van der Waals surface area contributed by atoms with Crippen LogP contribution in [0.2, 0.25) is 0 Å². The Labute approximate surface area is 212 Å². The molecule has 2 heterocycles. The van der Waals surface area contributed by atoms with Crippen molar-refractivity contribution in [2.45, 2.75) is 65.6 Å². The molecule has 1 aliphatic rings. The Morgan fingerprint density at radius 1 is 1.08 bits per heavy atom. The SMILES string of the molecule is CCc1cccc(CC)c1-n1c(COC(C)C)nc(O)c(C(=O)N2CCC(c3ccccc3)C2)c1=O. The van der Waals surface area contributed by atoms with E-state index in [4.69, 9.17) is 4.74 Å². The lowest BCUT2D eigenvalue weighted by molar-refractivity contribution is 0.0592. The minimum atomic E-state index is -0.561. The zero-order valence-corrected chi connectivity index (χ0v) is 21.5. The Bertz CT molecular complexity index is 1260. The van der Waals surface area contributed by atoms with E-state index in [1.165, 1.54) is 10.1 Å². The molecule has 1 unspecified atom stereocenters. The number of benzene rings is 2. The van der Waals surface area contributed by atoms with Crippen molar-refractivity contribution >= 4 is 5.91 Å². The molecule has 0 aliphatic carbocycles. The summed E-state index contributed by atoms with van der Waals surface area (Å²) in [5.41, 5.74) is 2.98. The van der Waals surface area contributed by atoms with Crippen molar-refractivity contribution in [3.05, 3.63) is 87.0 Å². The number of para-hydroxylation sites is 1. The molecule has 0 saturated carbocycles. The van der Waals surface area contributed by atoms with Gasteiger partial charge in [0.15, 0.2) is 5.56 Å². The van der Waals surface area contributed by atoms with Crippen molar-refractivity contribution in [3.63, 3.8) is 0 Å². The third-order valence-corrected chi connectivity index (χ3v) is 6.83. The molecule has 1 aromatic heterocycles. The second-order valence-corrected chi connectivity index (χ2v) is 9.51. The Balaban J connectivity index is 1.81. The number of carbonyl (C=O) groups excluding carboxylic acids is 1. The lowest BCUT2D eigenvalue weighted by atomic mass is 9.99. The fraction of sp³-hybridized carbons (Fsp3) is 0.414. The number of hydrogen-bond acceptors (Lipinski definition) is 5. The standard InChI is InChI=1S/C29H35N3O4/c1-5-20-13-10-14-21(6-2)26(20)32-24(18-36-19(3)4)30-27(33)25(29(32)35)28(34)31-16-15-23(17-31)22-11-8-7-9-12-22/h7-14,19,23,33H,5-6,15-18H2,1-4H3. The molecule has 7 nitrogen and oxygen atoms in total. The van der Waals surface area contributed by atoms with E-state index in [2.05, 4.69) is 17.1 Å². The lowest BCUT2D eigenvalue weighted by Crippen LogP contribution is -2.37. The van der Waals surface area contributed by atoms with Gasteiger partial charge < -0.3 is 14.7 Å². The van der Waals surface area contributed by atoms with Crippen molar-refractivity contribution < 1.29 is 14.6 Å². The Morgan fingerprint density at radius 3 is 2.36 bits per heavy atom. The molecule has 0 bridgehead atoms. The largest absolute Gasteiger partial charge is 0.493 e. The van der Waals surface area contributed by atoms with E-state index in [0.29, 0.717) is 25.9 Å². The lowest BCUT2D eigenvalue weighted by Gasteiger charge is -2.22. The number of rotatable bonds is 8. The summed E-state index contributed by atoms with van der Waals surface area (Å²) in [6, 6.07) is 16.0. The van der Waals surface area contributed by atoms with Crippen molar-refractivity contribution in [1.29, 1.82) is 0 Å². The molecular weight excluding hydrogens is 454 g/mol. The van der Waals surface area contributed by atoms with Crippen LogP contribution in [-0.4, -0.2) is 44.7 Å². The molecule has 1 atom stereocenters. The van der Waals surface area contributed by atoms with E-state index in [0.717, 1.165) is 23.2 Å². The highest BCUT2D eigenvalue weighted by atomic mass is 16.5. The highest BCUT2D eigenvalue weighted by Crippen LogP contribution is 2.29. The average molecular weight is 490 g/mol. The van der Waals surface area contributed by atoms with E-state index < -0.39 is 17.3 Å². The normalized spacial score (nSPS) is 15.6. The molecule has 7 heteroatoms. The van der Waals surface area contributed by atoms with Gasteiger partial charge in [-0.05, 0) is 49.8 Å². The van der Waals surface area contributed by atoms with Crippen LogP contribution in [-0.2, 0) is 24.2 Å². The summed E-state index contributed by atoms with van der Waals surface area (Å²) < 4.78 is 7.27. The van der Waals surface area contributed by atoms with Crippen molar-refractivity contribution in [2.24, 2.45) is 0 Å². The van der Waals surface area contributed by atoms with Crippen LogP contribution in [0.25, 0.3) is 5.69 Å². The van der Waals surface area contributed by atoms with Gasteiger partial charge in [0, 0.05) is 19.0 Å².